The predicted octanol–water partition coefficient (Wildman–Crippen LogP) is 4.33. The van der Waals surface area contributed by atoms with Gasteiger partial charge in [-0.1, -0.05) is 46.3 Å². The van der Waals surface area contributed by atoms with Gasteiger partial charge in [-0.15, -0.1) is 5.10 Å². The third-order valence-corrected chi connectivity index (χ3v) is 6.78. The molecular formula is C27H27BrN6O. The maximum atomic E-state index is 12.5. The van der Waals surface area contributed by atoms with Crippen LogP contribution >= 0.6 is 15.9 Å². The fourth-order valence-corrected chi connectivity index (χ4v) is 4.86. The van der Waals surface area contributed by atoms with E-state index < -0.39 is 0 Å². The van der Waals surface area contributed by atoms with Gasteiger partial charge in [-0.25, -0.2) is 0 Å². The fraction of sp³-hybridized carbons (Fsp3) is 0.259. The summed E-state index contributed by atoms with van der Waals surface area (Å²) in [6, 6.07) is 20.1. The molecule has 0 unspecified atom stereocenters. The van der Waals surface area contributed by atoms with Gasteiger partial charge in [0.25, 0.3) is 0 Å². The molecule has 5 rings (SSSR count). The van der Waals surface area contributed by atoms with E-state index in [-0.39, 0.29) is 5.91 Å². The van der Waals surface area contributed by atoms with Crippen molar-refractivity contribution in [3.05, 3.63) is 88.8 Å². The first-order valence-electron chi connectivity index (χ1n) is 11.8. The highest BCUT2D eigenvalue weighted by atomic mass is 79.9. The number of nitrogens with zero attached hydrogens (tertiary/aromatic N) is 5. The number of anilines is 2. The van der Waals surface area contributed by atoms with Crippen molar-refractivity contribution in [3.63, 3.8) is 0 Å². The van der Waals surface area contributed by atoms with Gasteiger partial charge in [0.15, 0.2) is 5.82 Å². The van der Waals surface area contributed by atoms with Crippen molar-refractivity contribution < 1.29 is 4.79 Å². The van der Waals surface area contributed by atoms with E-state index in [9.17, 15) is 4.79 Å². The largest absolute Gasteiger partial charge is 0.352 e. The molecule has 1 amide bonds. The number of carbonyl (C=O) groups is 1. The molecule has 2 aromatic carbocycles. The van der Waals surface area contributed by atoms with Crippen LogP contribution in [0.5, 0.6) is 0 Å². The van der Waals surface area contributed by atoms with Gasteiger partial charge in [-0.2, -0.15) is 5.10 Å². The molecule has 1 saturated heterocycles. The smallest absolute Gasteiger partial charge is 0.238 e. The van der Waals surface area contributed by atoms with Crippen molar-refractivity contribution >= 4 is 44.1 Å². The Labute approximate surface area is 213 Å². The van der Waals surface area contributed by atoms with E-state index in [0.717, 1.165) is 71.5 Å². The van der Waals surface area contributed by atoms with Crippen molar-refractivity contribution in [2.45, 2.75) is 12.8 Å². The number of pyridine rings is 1. The fourth-order valence-electron chi connectivity index (χ4n) is 4.46. The van der Waals surface area contributed by atoms with Crippen LogP contribution in [-0.4, -0.2) is 58.7 Å². The molecule has 1 fully saturated rings. The third kappa shape index (κ3) is 5.83. The molecule has 8 heteroatoms. The van der Waals surface area contributed by atoms with Crippen LogP contribution in [0.15, 0.2) is 77.5 Å². The molecule has 4 aromatic rings. The summed E-state index contributed by atoms with van der Waals surface area (Å²) in [5.74, 6) is 0.923. The number of hydrogen-bond acceptors (Lipinski definition) is 6. The number of rotatable bonds is 7. The standard InChI is InChI=1S/C27H27BrN6O/c28-21-4-3-5-22(18-21)30-26(35)19-33-14-16-34(17-15-33)27-24-7-2-1-6-23(24)25(31-32-27)9-8-20-10-12-29-13-11-20/h1-7,10-13,18H,8-9,14-17,19H2,(H,30,35). The summed E-state index contributed by atoms with van der Waals surface area (Å²) in [5, 5.41) is 14.5. The van der Waals surface area contributed by atoms with Crippen LogP contribution in [-0.2, 0) is 17.6 Å². The lowest BCUT2D eigenvalue weighted by molar-refractivity contribution is -0.117. The molecule has 178 valence electrons. The Kier molecular flexibility index (Phi) is 7.30. The zero-order valence-electron chi connectivity index (χ0n) is 19.4. The average molecular weight is 531 g/mol. The highest BCUT2D eigenvalue weighted by Crippen LogP contribution is 2.27. The van der Waals surface area contributed by atoms with Crippen LogP contribution in [0.4, 0.5) is 11.5 Å². The molecule has 0 aliphatic carbocycles. The van der Waals surface area contributed by atoms with Crippen molar-refractivity contribution in [2.75, 3.05) is 42.9 Å². The summed E-state index contributed by atoms with van der Waals surface area (Å²) < 4.78 is 0.945. The minimum Gasteiger partial charge on any atom is -0.352 e. The van der Waals surface area contributed by atoms with Crippen molar-refractivity contribution in [1.82, 2.24) is 20.1 Å². The number of piperazine rings is 1. The molecule has 0 atom stereocenters. The van der Waals surface area contributed by atoms with Gasteiger partial charge in [0.2, 0.25) is 5.91 Å². The first-order valence-corrected chi connectivity index (χ1v) is 12.6. The summed E-state index contributed by atoms with van der Waals surface area (Å²) in [6.45, 7) is 3.58. The Morgan fingerprint density at radius 2 is 1.66 bits per heavy atom. The van der Waals surface area contributed by atoms with Gasteiger partial charge in [0, 0.05) is 59.5 Å². The lowest BCUT2D eigenvalue weighted by Gasteiger charge is -2.35. The van der Waals surface area contributed by atoms with Gasteiger partial charge in [-0.05, 0) is 48.7 Å². The topological polar surface area (TPSA) is 74.2 Å². The Morgan fingerprint density at radius 3 is 2.43 bits per heavy atom. The van der Waals surface area contributed by atoms with Gasteiger partial charge >= 0.3 is 0 Å². The molecule has 0 spiro atoms. The summed E-state index contributed by atoms with van der Waals surface area (Å²) >= 11 is 3.44. The highest BCUT2D eigenvalue weighted by Gasteiger charge is 2.22. The molecule has 2 aromatic heterocycles. The summed E-state index contributed by atoms with van der Waals surface area (Å²) in [5.41, 5.74) is 3.06. The van der Waals surface area contributed by atoms with Crippen LogP contribution in [0.25, 0.3) is 10.8 Å². The molecule has 0 bridgehead atoms. The predicted molar refractivity (Wildman–Crippen MR) is 143 cm³/mol. The summed E-state index contributed by atoms with van der Waals surface area (Å²) in [7, 11) is 0. The number of benzene rings is 2. The lowest BCUT2D eigenvalue weighted by Crippen LogP contribution is -2.49. The SMILES string of the molecule is O=C(CN1CCN(c2nnc(CCc3ccncc3)c3ccccc23)CC1)Nc1cccc(Br)c1. The number of amides is 1. The Bertz CT molecular complexity index is 1310. The van der Waals surface area contributed by atoms with E-state index in [1.54, 1.807) is 0 Å². The monoisotopic (exact) mass is 530 g/mol. The maximum absolute atomic E-state index is 12.5. The second-order valence-corrected chi connectivity index (χ2v) is 9.61. The number of hydrogen-bond donors (Lipinski definition) is 1. The van der Waals surface area contributed by atoms with Crippen LogP contribution < -0.4 is 10.2 Å². The minimum atomic E-state index is 0.000316. The summed E-state index contributed by atoms with van der Waals surface area (Å²) in [4.78, 5) is 21.1. The first-order chi connectivity index (χ1) is 17.2. The second-order valence-electron chi connectivity index (χ2n) is 8.69. The zero-order chi connectivity index (χ0) is 24.0. The van der Waals surface area contributed by atoms with Gasteiger partial charge in [0.05, 0.1) is 12.2 Å². The average Bonchev–Trinajstić information content (AvgIpc) is 2.88. The molecule has 3 heterocycles. The number of aromatic nitrogens is 3. The van der Waals surface area contributed by atoms with E-state index in [1.807, 2.05) is 48.8 Å². The number of nitrogens with one attached hydrogen (secondary N) is 1. The van der Waals surface area contributed by atoms with Gasteiger partial charge in [0.1, 0.15) is 0 Å². The van der Waals surface area contributed by atoms with Crippen LogP contribution in [0.2, 0.25) is 0 Å². The Hall–Kier alpha value is -3.36. The second kappa shape index (κ2) is 10.9. The van der Waals surface area contributed by atoms with E-state index in [4.69, 9.17) is 0 Å². The van der Waals surface area contributed by atoms with E-state index in [0.29, 0.717) is 6.54 Å². The number of halogens is 1. The minimum absolute atomic E-state index is 0.000316. The molecule has 1 aliphatic heterocycles. The molecule has 0 radical (unpaired) electrons. The van der Waals surface area contributed by atoms with E-state index in [2.05, 4.69) is 70.5 Å². The van der Waals surface area contributed by atoms with E-state index in [1.165, 1.54) is 5.56 Å². The normalized spacial score (nSPS) is 14.3. The lowest BCUT2D eigenvalue weighted by atomic mass is 10.0. The highest BCUT2D eigenvalue weighted by molar-refractivity contribution is 9.10. The van der Waals surface area contributed by atoms with Gasteiger partial charge < -0.3 is 10.2 Å². The molecule has 1 aliphatic rings. The zero-order valence-corrected chi connectivity index (χ0v) is 21.0. The van der Waals surface area contributed by atoms with Crippen molar-refractivity contribution in [2.24, 2.45) is 0 Å². The molecule has 35 heavy (non-hydrogen) atoms. The quantitative estimate of drug-likeness (QED) is 0.383. The maximum Gasteiger partial charge on any atom is 0.238 e. The first kappa shape index (κ1) is 23.4. The number of aryl methyl sites for hydroxylation is 2. The molecule has 1 N–H and O–H groups in total. The number of carbonyl (C=O) groups excluding carboxylic acids is 1. The number of fused-ring (bicyclic) bond motifs is 1. The summed E-state index contributed by atoms with van der Waals surface area (Å²) in [6.07, 6.45) is 5.39. The van der Waals surface area contributed by atoms with Crippen LogP contribution in [0.1, 0.15) is 11.3 Å². The molecule has 7 nitrogen and oxygen atoms in total. The van der Waals surface area contributed by atoms with Crippen molar-refractivity contribution in [1.29, 1.82) is 0 Å². The Morgan fingerprint density at radius 1 is 0.886 bits per heavy atom. The van der Waals surface area contributed by atoms with Crippen molar-refractivity contribution in [3.8, 4) is 0 Å². The third-order valence-electron chi connectivity index (χ3n) is 6.29. The Balaban J connectivity index is 1.22. The van der Waals surface area contributed by atoms with Crippen LogP contribution in [0, 0.1) is 0 Å². The molecule has 0 saturated carbocycles. The van der Waals surface area contributed by atoms with Gasteiger partial charge in [-0.3, -0.25) is 14.7 Å². The van der Waals surface area contributed by atoms with E-state index >= 15 is 0 Å². The molecular weight excluding hydrogens is 504 g/mol. The van der Waals surface area contributed by atoms with Crippen LogP contribution in [0.3, 0.4) is 0 Å².